The zero-order valence-electron chi connectivity index (χ0n) is 13.8. The summed E-state index contributed by atoms with van der Waals surface area (Å²) in [5.41, 5.74) is 0.736. The second-order valence-corrected chi connectivity index (χ2v) is 6.78. The van der Waals surface area contributed by atoms with Crippen LogP contribution in [0.3, 0.4) is 0 Å². The van der Waals surface area contributed by atoms with Crippen molar-refractivity contribution >= 4 is 22.4 Å². The van der Waals surface area contributed by atoms with Crippen LogP contribution in [0, 0.1) is 5.82 Å². The predicted octanol–water partition coefficient (Wildman–Crippen LogP) is 4.03. The topological polar surface area (TPSA) is 80.9 Å². The van der Waals surface area contributed by atoms with Gasteiger partial charge in [-0.25, -0.2) is 9.37 Å². The zero-order chi connectivity index (χ0) is 17.8. The molecule has 1 aromatic carbocycles. The number of carbonyl (C=O) groups excluding carboxylic acids is 1. The molecule has 0 radical (unpaired) electrons. The van der Waals surface area contributed by atoms with Crippen molar-refractivity contribution in [2.45, 2.75) is 32.6 Å². The van der Waals surface area contributed by atoms with Gasteiger partial charge in [-0.1, -0.05) is 25.2 Å². The monoisotopic (exact) mass is 360 g/mol. The van der Waals surface area contributed by atoms with Crippen molar-refractivity contribution in [2.75, 3.05) is 5.32 Å². The third-order valence-corrected chi connectivity index (χ3v) is 4.57. The molecule has 0 aliphatic rings. The van der Waals surface area contributed by atoms with E-state index in [-0.39, 0.29) is 24.1 Å². The maximum absolute atomic E-state index is 12.9. The summed E-state index contributed by atoms with van der Waals surface area (Å²) in [6, 6.07) is 5.96. The Bertz CT molecular complexity index is 858. The maximum atomic E-state index is 12.9. The summed E-state index contributed by atoms with van der Waals surface area (Å²) < 4.78 is 18.5. The Hall–Kier alpha value is -2.61. The van der Waals surface area contributed by atoms with Crippen LogP contribution in [0.15, 0.2) is 34.9 Å². The molecule has 3 rings (SSSR count). The first-order chi connectivity index (χ1) is 12.0. The van der Waals surface area contributed by atoms with Gasteiger partial charge in [-0.15, -0.1) is 10.2 Å². The molecule has 6 nitrogen and oxygen atoms in total. The molecule has 130 valence electrons. The quantitative estimate of drug-likeness (QED) is 0.718. The Labute approximate surface area is 148 Å². The second-order valence-electron chi connectivity index (χ2n) is 5.77. The van der Waals surface area contributed by atoms with Crippen LogP contribution in [0.1, 0.15) is 37.1 Å². The van der Waals surface area contributed by atoms with Crippen molar-refractivity contribution in [1.29, 1.82) is 0 Å². The van der Waals surface area contributed by atoms with Gasteiger partial charge in [-0.05, 0) is 24.3 Å². The fourth-order valence-corrected chi connectivity index (χ4v) is 2.86. The van der Waals surface area contributed by atoms with Gasteiger partial charge in [0, 0.05) is 24.3 Å². The van der Waals surface area contributed by atoms with Crippen LogP contribution in [-0.4, -0.2) is 21.1 Å². The molecule has 8 heteroatoms. The summed E-state index contributed by atoms with van der Waals surface area (Å²) in [6.45, 7) is 4.04. The summed E-state index contributed by atoms with van der Waals surface area (Å²) >= 11 is 1.37. The lowest BCUT2D eigenvalue weighted by Gasteiger charge is -1.99. The van der Waals surface area contributed by atoms with Crippen molar-refractivity contribution in [3.05, 3.63) is 47.2 Å². The Balaban J connectivity index is 1.54. The number of benzene rings is 1. The fourth-order valence-electron chi connectivity index (χ4n) is 2.09. The molecule has 0 saturated carbocycles. The van der Waals surface area contributed by atoms with Gasteiger partial charge in [-0.3, -0.25) is 4.79 Å². The number of halogens is 1. The number of aryl methyl sites for hydroxylation is 1. The van der Waals surface area contributed by atoms with Gasteiger partial charge in [0.05, 0.1) is 6.20 Å². The van der Waals surface area contributed by atoms with Crippen LogP contribution in [0.25, 0.3) is 11.3 Å². The largest absolute Gasteiger partial charge is 0.441 e. The van der Waals surface area contributed by atoms with Gasteiger partial charge in [0.25, 0.3) is 0 Å². The van der Waals surface area contributed by atoms with E-state index in [9.17, 15) is 9.18 Å². The highest BCUT2D eigenvalue weighted by Gasteiger charge is 2.12. The molecule has 0 aliphatic carbocycles. The van der Waals surface area contributed by atoms with E-state index in [0.29, 0.717) is 23.2 Å². The van der Waals surface area contributed by atoms with Crippen LogP contribution in [0.4, 0.5) is 9.52 Å². The fraction of sp³-hybridized carbons (Fsp3) is 0.294. The van der Waals surface area contributed by atoms with Gasteiger partial charge in [0.2, 0.25) is 11.0 Å². The number of anilines is 1. The summed E-state index contributed by atoms with van der Waals surface area (Å²) in [4.78, 5) is 16.2. The number of carbonyl (C=O) groups is 1. The molecule has 0 spiro atoms. The van der Waals surface area contributed by atoms with Crippen molar-refractivity contribution in [1.82, 2.24) is 15.2 Å². The second kappa shape index (κ2) is 7.52. The molecule has 0 aliphatic heterocycles. The van der Waals surface area contributed by atoms with E-state index in [0.717, 1.165) is 10.6 Å². The van der Waals surface area contributed by atoms with Crippen molar-refractivity contribution in [3.63, 3.8) is 0 Å². The molecule has 0 saturated heterocycles. The summed E-state index contributed by atoms with van der Waals surface area (Å²) in [5.74, 6) is 0.793. The molecule has 0 fully saturated rings. The molecule has 1 N–H and O–H groups in total. The third kappa shape index (κ3) is 4.48. The number of rotatable bonds is 6. The summed E-state index contributed by atoms with van der Waals surface area (Å²) in [5, 5.41) is 12.1. The highest BCUT2D eigenvalue weighted by atomic mass is 32.1. The third-order valence-electron chi connectivity index (χ3n) is 3.43. The zero-order valence-corrected chi connectivity index (χ0v) is 14.6. The number of nitrogens with zero attached hydrogens (tertiary/aromatic N) is 3. The average Bonchev–Trinajstić information content (AvgIpc) is 3.23. The van der Waals surface area contributed by atoms with Gasteiger partial charge >= 0.3 is 0 Å². The van der Waals surface area contributed by atoms with E-state index < -0.39 is 0 Å². The van der Waals surface area contributed by atoms with Crippen molar-refractivity contribution in [2.24, 2.45) is 0 Å². The molecule has 2 heterocycles. The molecule has 0 bridgehead atoms. The summed E-state index contributed by atoms with van der Waals surface area (Å²) in [6.07, 6.45) is 2.16. The Morgan fingerprint density at radius 1 is 1.28 bits per heavy atom. The number of hydrogen-bond donors (Lipinski definition) is 1. The lowest BCUT2D eigenvalue weighted by Crippen LogP contribution is -2.12. The van der Waals surface area contributed by atoms with E-state index in [1.54, 1.807) is 18.3 Å². The molecule has 2 aromatic heterocycles. The van der Waals surface area contributed by atoms with E-state index in [1.807, 2.05) is 13.8 Å². The van der Waals surface area contributed by atoms with Gasteiger partial charge in [-0.2, -0.15) is 0 Å². The first-order valence-electron chi connectivity index (χ1n) is 7.85. The van der Waals surface area contributed by atoms with E-state index in [1.165, 1.54) is 23.5 Å². The lowest BCUT2D eigenvalue weighted by atomic mass is 10.2. The highest BCUT2D eigenvalue weighted by molar-refractivity contribution is 7.15. The number of nitrogens with one attached hydrogen (secondary N) is 1. The minimum atomic E-state index is -0.308. The van der Waals surface area contributed by atoms with Crippen LogP contribution < -0.4 is 5.32 Å². The number of aromatic nitrogens is 3. The number of amides is 1. The van der Waals surface area contributed by atoms with Gasteiger partial charge in [0.15, 0.2) is 11.7 Å². The molecule has 0 atom stereocenters. The molecular weight excluding hydrogens is 343 g/mol. The van der Waals surface area contributed by atoms with Crippen LogP contribution in [0.5, 0.6) is 0 Å². The number of hydrogen-bond acceptors (Lipinski definition) is 6. The SMILES string of the molecule is CC(C)c1nnc(NC(=O)CCc2ncc(-c3ccc(F)cc3)o2)s1. The Morgan fingerprint density at radius 3 is 2.72 bits per heavy atom. The van der Waals surface area contributed by atoms with E-state index in [2.05, 4.69) is 20.5 Å². The van der Waals surface area contributed by atoms with Crippen LogP contribution >= 0.6 is 11.3 Å². The van der Waals surface area contributed by atoms with Gasteiger partial charge < -0.3 is 9.73 Å². The standard InChI is InChI=1S/C17H17FN4O2S/c1-10(2)16-21-22-17(25-16)20-14(23)7-8-15-19-9-13(24-15)11-3-5-12(18)6-4-11/h3-6,9-10H,7-8H2,1-2H3,(H,20,22,23). The number of oxazole rings is 1. The predicted molar refractivity (Wildman–Crippen MR) is 92.8 cm³/mol. The van der Waals surface area contributed by atoms with E-state index in [4.69, 9.17) is 4.42 Å². The Morgan fingerprint density at radius 2 is 2.04 bits per heavy atom. The molecule has 25 heavy (non-hydrogen) atoms. The van der Waals surface area contributed by atoms with E-state index >= 15 is 0 Å². The maximum Gasteiger partial charge on any atom is 0.226 e. The molecule has 3 aromatic rings. The van der Waals surface area contributed by atoms with Crippen LogP contribution in [-0.2, 0) is 11.2 Å². The van der Waals surface area contributed by atoms with Crippen molar-refractivity contribution in [3.8, 4) is 11.3 Å². The smallest absolute Gasteiger partial charge is 0.226 e. The molecular formula is C17H17FN4O2S. The molecule has 0 unspecified atom stereocenters. The summed E-state index contributed by atoms with van der Waals surface area (Å²) in [7, 11) is 0. The average molecular weight is 360 g/mol. The minimum Gasteiger partial charge on any atom is -0.441 e. The normalized spacial score (nSPS) is 11.0. The molecule has 1 amide bonds. The van der Waals surface area contributed by atoms with Crippen molar-refractivity contribution < 1.29 is 13.6 Å². The van der Waals surface area contributed by atoms with Gasteiger partial charge in [0.1, 0.15) is 10.8 Å². The first-order valence-corrected chi connectivity index (χ1v) is 8.67. The lowest BCUT2D eigenvalue weighted by molar-refractivity contribution is -0.116. The van der Waals surface area contributed by atoms with Crippen LogP contribution in [0.2, 0.25) is 0 Å². The first kappa shape index (κ1) is 17.2. The highest BCUT2D eigenvalue weighted by Crippen LogP contribution is 2.23. The Kier molecular flexibility index (Phi) is 5.18. The minimum absolute atomic E-state index is 0.173.